The minimum absolute atomic E-state index is 0.229. The van der Waals surface area contributed by atoms with Crippen LogP contribution in [-0.4, -0.2) is 17.8 Å². The molecule has 0 bridgehead atoms. The van der Waals surface area contributed by atoms with Crippen LogP contribution in [0.25, 0.3) is 0 Å². The summed E-state index contributed by atoms with van der Waals surface area (Å²) in [6.07, 6.45) is -0.510. The number of hydrogen-bond donors (Lipinski definition) is 1. The van der Waals surface area contributed by atoms with Gasteiger partial charge in [0.05, 0.1) is 6.10 Å². The van der Waals surface area contributed by atoms with Crippen molar-refractivity contribution in [1.29, 1.82) is 0 Å². The highest BCUT2D eigenvalue weighted by molar-refractivity contribution is 5.32. The number of aliphatic hydroxyl groups excluding tert-OH is 1. The molecule has 0 saturated heterocycles. The van der Waals surface area contributed by atoms with Crippen LogP contribution in [-0.2, 0) is 0 Å². The van der Waals surface area contributed by atoms with E-state index in [1.165, 1.54) is 12.1 Å². The third kappa shape index (κ3) is 3.03. The molecule has 1 rings (SSSR count). The summed E-state index contributed by atoms with van der Waals surface area (Å²) < 4.78 is 17.9. The predicted octanol–water partition coefficient (Wildman–Crippen LogP) is 1.89. The van der Waals surface area contributed by atoms with E-state index in [0.29, 0.717) is 5.75 Å². The number of halogens is 1. The average Bonchev–Trinajstić information content (AvgIpc) is 2.02. The van der Waals surface area contributed by atoms with E-state index in [4.69, 9.17) is 9.84 Å². The monoisotopic (exact) mass is 184 g/mol. The fourth-order valence-electron chi connectivity index (χ4n) is 0.985. The Balaban J connectivity index is 2.67. The molecule has 0 aromatic heterocycles. The Hall–Kier alpha value is -1.09. The maximum absolute atomic E-state index is 12.6. The molecule has 0 aliphatic carbocycles. The molecule has 0 saturated carbocycles. The van der Waals surface area contributed by atoms with E-state index in [0.717, 1.165) is 5.56 Å². The molecule has 0 amide bonds. The van der Waals surface area contributed by atoms with Crippen molar-refractivity contribution in [1.82, 2.24) is 0 Å². The van der Waals surface area contributed by atoms with Gasteiger partial charge < -0.3 is 9.84 Å². The molecule has 0 fully saturated rings. The molecule has 0 aliphatic rings. The van der Waals surface area contributed by atoms with Gasteiger partial charge in [-0.1, -0.05) is 0 Å². The predicted molar refractivity (Wildman–Crippen MR) is 48.3 cm³/mol. The zero-order valence-corrected chi connectivity index (χ0v) is 7.75. The maximum Gasteiger partial charge on any atom is 0.123 e. The summed E-state index contributed by atoms with van der Waals surface area (Å²) in [4.78, 5) is 0. The van der Waals surface area contributed by atoms with Crippen molar-refractivity contribution in [3.05, 3.63) is 29.6 Å². The standard InChI is InChI=1S/C10H13FO2/c1-7-5-9(11)3-4-10(7)13-6-8(2)12/h3-5,8,12H,6H2,1-2H3. The van der Waals surface area contributed by atoms with Gasteiger partial charge in [-0.15, -0.1) is 0 Å². The van der Waals surface area contributed by atoms with Gasteiger partial charge in [0.2, 0.25) is 0 Å². The van der Waals surface area contributed by atoms with E-state index in [-0.39, 0.29) is 12.4 Å². The first-order valence-corrected chi connectivity index (χ1v) is 4.16. The normalized spacial score (nSPS) is 12.6. The fraction of sp³-hybridized carbons (Fsp3) is 0.400. The Labute approximate surface area is 77.0 Å². The zero-order chi connectivity index (χ0) is 9.84. The number of rotatable bonds is 3. The second kappa shape index (κ2) is 4.23. The molecular weight excluding hydrogens is 171 g/mol. The summed E-state index contributed by atoms with van der Waals surface area (Å²) in [5.41, 5.74) is 0.737. The van der Waals surface area contributed by atoms with Crippen LogP contribution in [0.15, 0.2) is 18.2 Å². The summed E-state index contributed by atoms with van der Waals surface area (Å²) in [5.74, 6) is 0.337. The Morgan fingerprint density at radius 1 is 1.54 bits per heavy atom. The Morgan fingerprint density at radius 2 is 2.23 bits per heavy atom. The van der Waals surface area contributed by atoms with Crippen molar-refractivity contribution in [3.63, 3.8) is 0 Å². The third-order valence-corrected chi connectivity index (χ3v) is 1.62. The van der Waals surface area contributed by atoms with Crippen molar-refractivity contribution in [2.75, 3.05) is 6.61 Å². The molecule has 0 radical (unpaired) electrons. The molecule has 2 nitrogen and oxygen atoms in total. The van der Waals surface area contributed by atoms with E-state index >= 15 is 0 Å². The van der Waals surface area contributed by atoms with Crippen LogP contribution in [0.2, 0.25) is 0 Å². The molecule has 72 valence electrons. The largest absolute Gasteiger partial charge is 0.491 e. The molecule has 1 aromatic rings. The third-order valence-electron chi connectivity index (χ3n) is 1.62. The molecule has 1 N–H and O–H groups in total. The summed E-state index contributed by atoms with van der Waals surface area (Å²) >= 11 is 0. The fourth-order valence-corrected chi connectivity index (χ4v) is 0.985. The van der Waals surface area contributed by atoms with E-state index in [9.17, 15) is 4.39 Å². The van der Waals surface area contributed by atoms with E-state index in [1.807, 2.05) is 0 Å². The number of hydrogen-bond acceptors (Lipinski definition) is 2. The van der Waals surface area contributed by atoms with E-state index in [2.05, 4.69) is 0 Å². The van der Waals surface area contributed by atoms with Crippen LogP contribution in [0.1, 0.15) is 12.5 Å². The van der Waals surface area contributed by atoms with Crippen LogP contribution < -0.4 is 4.74 Å². The van der Waals surface area contributed by atoms with Crippen molar-refractivity contribution < 1.29 is 14.2 Å². The Bertz CT molecular complexity index is 284. The first-order valence-electron chi connectivity index (χ1n) is 4.16. The molecule has 0 heterocycles. The lowest BCUT2D eigenvalue weighted by molar-refractivity contribution is 0.122. The van der Waals surface area contributed by atoms with Gasteiger partial charge in [-0.05, 0) is 37.6 Å². The summed E-state index contributed by atoms with van der Waals surface area (Å²) in [5, 5.41) is 8.96. The minimum atomic E-state index is -0.510. The summed E-state index contributed by atoms with van der Waals surface area (Å²) in [7, 11) is 0. The lowest BCUT2D eigenvalue weighted by atomic mass is 10.2. The molecule has 1 atom stereocenters. The number of aryl methyl sites for hydroxylation is 1. The van der Waals surface area contributed by atoms with Crippen molar-refractivity contribution >= 4 is 0 Å². The molecule has 1 aromatic carbocycles. The highest BCUT2D eigenvalue weighted by Crippen LogP contribution is 2.18. The van der Waals surface area contributed by atoms with Gasteiger partial charge in [-0.25, -0.2) is 4.39 Å². The number of ether oxygens (including phenoxy) is 1. The van der Waals surface area contributed by atoms with E-state index < -0.39 is 6.10 Å². The minimum Gasteiger partial charge on any atom is -0.491 e. The van der Waals surface area contributed by atoms with Gasteiger partial charge in [-0.2, -0.15) is 0 Å². The van der Waals surface area contributed by atoms with Gasteiger partial charge in [0.1, 0.15) is 18.2 Å². The highest BCUT2D eigenvalue weighted by Gasteiger charge is 2.02. The SMILES string of the molecule is Cc1cc(F)ccc1OCC(C)O. The zero-order valence-electron chi connectivity index (χ0n) is 7.75. The summed E-state index contributed by atoms with van der Waals surface area (Å²) in [6.45, 7) is 3.63. The van der Waals surface area contributed by atoms with Crippen molar-refractivity contribution in [3.8, 4) is 5.75 Å². The molecule has 3 heteroatoms. The van der Waals surface area contributed by atoms with Gasteiger partial charge in [0, 0.05) is 0 Å². The number of aliphatic hydroxyl groups is 1. The molecule has 0 aliphatic heterocycles. The Kier molecular flexibility index (Phi) is 3.25. The quantitative estimate of drug-likeness (QED) is 0.777. The second-order valence-corrected chi connectivity index (χ2v) is 3.07. The lowest BCUT2D eigenvalue weighted by Gasteiger charge is -2.10. The van der Waals surface area contributed by atoms with E-state index in [1.54, 1.807) is 19.9 Å². The van der Waals surface area contributed by atoms with Gasteiger partial charge in [0.15, 0.2) is 0 Å². The Morgan fingerprint density at radius 3 is 2.77 bits per heavy atom. The smallest absolute Gasteiger partial charge is 0.123 e. The van der Waals surface area contributed by atoms with Crippen LogP contribution in [0, 0.1) is 12.7 Å². The summed E-state index contributed by atoms with van der Waals surface area (Å²) in [6, 6.07) is 4.30. The molecule has 1 unspecified atom stereocenters. The first-order chi connectivity index (χ1) is 6.09. The van der Waals surface area contributed by atoms with Crippen LogP contribution in [0.5, 0.6) is 5.75 Å². The molecule has 0 spiro atoms. The van der Waals surface area contributed by atoms with Crippen molar-refractivity contribution in [2.45, 2.75) is 20.0 Å². The van der Waals surface area contributed by atoms with Gasteiger partial charge in [-0.3, -0.25) is 0 Å². The van der Waals surface area contributed by atoms with Gasteiger partial charge >= 0.3 is 0 Å². The first kappa shape index (κ1) is 9.99. The average molecular weight is 184 g/mol. The second-order valence-electron chi connectivity index (χ2n) is 3.07. The highest BCUT2D eigenvalue weighted by atomic mass is 19.1. The maximum atomic E-state index is 12.6. The van der Waals surface area contributed by atoms with Crippen LogP contribution in [0.4, 0.5) is 4.39 Å². The van der Waals surface area contributed by atoms with Crippen LogP contribution in [0.3, 0.4) is 0 Å². The molecule has 13 heavy (non-hydrogen) atoms. The lowest BCUT2D eigenvalue weighted by Crippen LogP contribution is -2.13. The van der Waals surface area contributed by atoms with Crippen molar-refractivity contribution in [2.24, 2.45) is 0 Å². The number of benzene rings is 1. The van der Waals surface area contributed by atoms with Gasteiger partial charge in [0.25, 0.3) is 0 Å². The topological polar surface area (TPSA) is 29.5 Å². The molecular formula is C10H13FO2. The van der Waals surface area contributed by atoms with Crippen LogP contribution >= 0.6 is 0 Å².